The summed E-state index contributed by atoms with van der Waals surface area (Å²) in [5.74, 6) is 0.0942. The molecule has 8 nitrogen and oxygen atoms in total. The summed E-state index contributed by atoms with van der Waals surface area (Å²) in [5.41, 5.74) is 1.52. The van der Waals surface area contributed by atoms with Gasteiger partial charge in [-0.25, -0.2) is 14.1 Å². The second-order valence-corrected chi connectivity index (χ2v) is 9.51. The van der Waals surface area contributed by atoms with Crippen molar-refractivity contribution in [3.05, 3.63) is 42.6 Å². The van der Waals surface area contributed by atoms with E-state index in [9.17, 15) is 9.50 Å². The lowest BCUT2D eigenvalue weighted by molar-refractivity contribution is 0.160. The third-order valence-corrected chi connectivity index (χ3v) is 5.65. The molecule has 0 saturated carbocycles. The summed E-state index contributed by atoms with van der Waals surface area (Å²) < 4.78 is 14.6. The Morgan fingerprint density at radius 1 is 1.09 bits per heavy atom. The van der Waals surface area contributed by atoms with Crippen LogP contribution in [0.1, 0.15) is 40.5 Å². The molecular formula is C22H30Cl2FN7O. The first-order valence-corrected chi connectivity index (χ1v) is 10.3. The van der Waals surface area contributed by atoms with Crippen molar-refractivity contribution in [1.82, 2.24) is 30.3 Å². The zero-order valence-electron chi connectivity index (χ0n) is 19.3. The summed E-state index contributed by atoms with van der Waals surface area (Å²) in [5, 5.41) is 26.7. The van der Waals surface area contributed by atoms with Gasteiger partial charge in [0.05, 0.1) is 24.3 Å². The van der Waals surface area contributed by atoms with Gasteiger partial charge in [-0.2, -0.15) is 5.10 Å². The number of phenols is 1. The van der Waals surface area contributed by atoms with E-state index < -0.39 is 5.82 Å². The van der Waals surface area contributed by atoms with E-state index in [4.69, 9.17) is 0 Å². The molecule has 2 N–H and O–H groups in total. The predicted octanol–water partition coefficient (Wildman–Crippen LogP) is 4.16. The average molecular weight is 498 g/mol. The summed E-state index contributed by atoms with van der Waals surface area (Å²) >= 11 is 0. The van der Waals surface area contributed by atoms with Crippen molar-refractivity contribution in [2.75, 3.05) is 11.9 Å². The van der Waals surface area contributed by atoms with Crippen LogP contribution in [-0.2, 0) is 0 Å². The molecule has 0 bridgehead atoms. The molecule has 1 aliphatic heterocycles. The van der Waals surface area contributed by atoms with Crippen molar-refractivity contribution < 1.29 is 9.50 Å². The van der Waals surface area contributed by atoms with Crippen molar-refractivity contribution in [1.29, 1.82) is 0 Å². The molecule has 1 fully saturated rings. The number of aromatic nitrogens is 5. The number of nitrogens with zero attached hydrogens (tertiary/aromatic N) is 6. The highest BCUT2D eigenvalue weighted by atomic mass is 35.5. The number of piperidine rings is 1. The molecule has 33 heavy (non-hydrogen) atoms. The van der Waals surface area contributed by atoms with Crippen molar-refractivity contribution in [2.45, 2.75) is 57.7 Å². The second kappa shape index (κ2) is 9.79. The molecule has 0 radical (unpaired) electrons. The van der Waals surface area contributed by atoms with Gasteiger partial charge in [0, 0.05) is 35.8 Å². The van der Waals surface area contributed by atoms with Crippen LogP contribution in [0.3, 0.4) is 0 Å². The topological polar surface area (TPSA) is 92.0 Å². The predicted molar refractivity (Wildman–Crippen MR) is 131 cm³/mol. The summed E-state index contributed by atoms with van der Waals surface area (Å²) in [7, 11) is 1.99. The zero-order chi connectivity index (χ0) is 22.4. The van der Waals surface area contributed by atoms with Crippen molar-refractivity contribution in [3.63, 3.8) is 0 Å². The SMILES string of the molecule is CN(c1ncc(-c2ccc(-n3cc(F)cn3)cc2O)nn1)C1CC(C)(C)NC(C)(C)C1.Cl.Cl. The van der Waals surface area contributed by atoms with Crippen LogP contribution >= 0.6 is 24.8 Å². The quantitative estimate of drug-likeness (QED) is 0.558. The van der Waals surface area contributed by atoms with Crippen LogP contribution in [0.5, 0.6) is 5.75 Å². The first-order valence-electron chi connectivity index (χ1n) is 10.3. The molecule has 0 spiro atoms. The second-order valence-electron chi connectivity index (χ2n) is 9.51. The number of halogens is 3. The number of hydrogen-bond donors (Lipinski definition) is 2. The maximum atomic E-state index is 13.2. The fourth-order valence-corrected chi connectivity index (χ4v) is 4.58. The highest BCUT2D eigenvalue weighted by molar-refractivity contribution is 5.85. The monoisotopic (exact) mass is 497 g/mol. The Hall–Kier alpha value is -2.49. The van der Waals surface area contributed by atoms with Crippen LogP contribution in [0.25, 0.3) is 16.9 Å². The van der Waals surface area contributed by atoms with Crippen molar-refractivity contribution in [2.24, 2.45) is 0 Å². The van der Waals surface area contributed by atoms with Crippen molar-refractivity contribution >= 4 is 30.8 Å². The number of rotatable bonds is 4. The van der Waals surface area contributed by atoms with Crippen LogP contribution in [0.2, 0.25) is 0 Å². The van der Waals surface area contributed by atoms with Gasteiger partial charge in [-0.1, -0.05) is 0 Å². The normalized spacial score (nSPS) is 17.0. The third-order valence-electron chi connectivity index (χ3n) is 5.65. The maximum absolute atomic E-state index is 13.2. The molecule has 3 heterocycles. The summed E-state index contributed by atoms with van der Waals surface area (Å²) in [6.45, 7) is 8.84. The van der Waals surface area contributed by atoms with E-state index in [2.05, 4.69) is 58.2 Å². The van der Waals surface area contributed by atoms with Gasteiger partial charge >= 0.3 is 0 Å². The van der Waals surface area contributed by atoms with E-state index in [0.717, 1.165) is 19.0 Å². The standard InChI is InChI=1S/C22H28FN7O.2ClH/c1-21(2)9-16(10-22(3,4)28-21)29(5)20-24-12-18(26-27-20)17-7-6-15(8-19(17)31)30-13-14(23)11-25-30;;/h6-8,11-13,16,28,31H,9-10H2,1-5H3;2*1H. The number of hydrogen-bond acceptors (Lipinski definition) is 7. The highest BCUT2D eigenvalue weighted by Gasteiger charge is 2.39. The smallest absolute Gasteiger partial charge is 0.245 e. The van der Waals surface area contributed by atoms with E-state index in [1.807, 2.05) is 7.05 Å². The third kappa shape index (κ3) is 5.90. The Bertz CT molecular complexity index is 1070. The maximum Gasteiger partial charge on any atom is 0.245 e. The molecule has 1 aromatic carbocycles. The number of nitrogens with one attached hydrogen (secondary N) is 1. The Morgan fingerprint density at radius 3 is 2.27 bits per heavy atom. The molecule has 0 aliphatic carbocycles. The average Bonchev–Trinajstić information content (AvgIpc) is 3.11. The van der Waals surface area contributed by atoms with Gasteiger partial charge in [-0.15, -0.1) is 35.0 Å². The molecule has 1 saturated heterocycles. The Morgan fingerprint density at radius 2 is 1.76 bits per heavy atom. The van der Waals surface area contributed by atoms with E-state index in [1.54, 1.807) is 18.3 Å². The lowest BCUT2D eigenvalue weighted by Crippen LogP contribution is -2.62. The van der Waals surface area contributed by atoms with Crippen LogP contribution in [0.15, 0.2) is 36.8 Å². The Labute approximate surface area is 205 Å². The van der Waals surface area contributed by atoms with Gasteiger partial charge in [0.15, 0.2) is 5.82 Å². The molecule has 0 atom stereocenters. The van der Waals surface area contributed by atoms with Gasteiger partial charge in [-0.3, -0.25) is 0 Å². The summed E-state index contributed by atoms with van der Waals surface area (Å²) in [6.07, 6.45) is 5.89. The molecule has 3 aromatic rings. The molecule has 4 rings (SSSR count). The molecule has 0 amide bonds. The van der Waals surface area contributed by atoms with Gasteiger partial charge in [0.1, 0.15) is 11.4 Å². The molecule has 0 unspecified atom stereocenters. The van der Waals surface area contributed by atoms with Crippen LogP contribution < -0.4 is 10.2 Å². The van der Waals surface area contributed by atoms with Gasteiger partial charge in [0.2, 0.25) is 5.95 Å². The molecule has 1 aliphatic rings. The van der Waals surface area contributed by atoms with E-state index in [-0.39, 0.29) is 47.7 Å². The van der Waals surface area contributed by atoms with Gasteiger partial charge in [0.25, 0.3) is 0 Å². The fraction of sp³-hybridized carbons (Fsp3) is 0.455. The highest BCUT2D eigenvalue weighted by Crippen LogP contribution is 2.33. The van der Waals surface area contributed by atoms with Gasteiger partial charge < -0.3 is 15.3 Å². The van der Waals surface area contributed by atoms with Crippen molar-refractivity contribution in [3.8, 4) is 22.7 Å². The van der Waals surface area contributed by atoms with E-state index in [1.165, 1.54) is 16.9 Å². The lowest BCUT2D eigenvalue weighted by atomic mass is 9.79. The number of anilines is 1. The van der Waals surface area contributed by atoms with Crippen LogP contribution in [0.4, 0.5) is 10.3 Å². The zero-order valence-corrected chi connectivity index (χ0v) is 20.9. The fourth-order valence-electron chi connectivity index (χ4n) is 4.58. The minimum absolute atomic E-state index is 0. The van der Waals surface area contributed by atoms with E-state index >= 15 is 0 Å². The largest absolute Gasteiger partial charge is 0.507 e. The minimum Gasteiger partial charge on any atom is -0.507 e. The number of benzene rings is 1. The minimum atomic E-state index is -0.445. The summed E-state index contributed by atoms with van der Waals surface area (Å²) in [4.78, 5) is 6.58. The first-order chi connectivity index (χ1) is 14.5. The molecule has 11 heteroatoms. The van der Waals surface area contributed by atoms with E-state index in [0.29, 0.717) is 22.9 Å². The van der Waals surface area contributed by atoms with Crippen LogP contribution in [0, 0.1) is 5.82 Å². The molecule has 2 aromatic heterocycles. The first kappa shape index (κ1) is 26.8. The number of phenolic OH excluding ortho intramolecular Hbond substituents is 1. The van der Waals surface area contributed by atoms with Crippen LogP contribution in [-0.4, -0.2) is 54.2 Å². The number of aromatic hydroxyl groups is 1. The van der Waals surface area contributed by atoms with Gasteiger partial charge in [-0.05, 0) is 52.7 Å². The molecular weight excluding hydrogens is 468 g/mol. The Kier molecular flexibility index (Phi) is 7.94. The Balaban J connectivity index is 0.00000193. The summed E-state index contributed by atoms with van der Waals surface area (Å²) in [6, 6.07) is 5.20. The lowest BCUT2D eigenvalue weighted by Gasteiger charge is -2.48. The molecule has 180 valence electrons.